The minimum Gasteiger partial charge on any atom is -0.390 e. The Labute approximate surface area is 210 Å². The van der Waals surface area contributed by atoms with Crippen LogP contribution in [-0.2, 0) is 15.6 Å². The van der Waals surface area contributed by atoms with Gasteiger partial charge >= 0.3 is 0 Å². The highest BCUT2D eigenvalue weighted by molar-refractivity contribution is 9.10. The third kappa shape index (κ3) is 4.34. The van der Waals surface area contributed by atoms with Crippen molar-refractivity contribution in [3.63, 3.8) is 0 Å². The summed E-state index contributed by atoms with van der Waals surface area (Å²) in [4.78, 5) is 20.5. The zero-order valence-electron chi connectivity index (χ0n) is 20.7. The van der Waals surface area contributed by atoms with E-state index in [0.717, 1.165) is 66.9 Å². The number of nitrogens with zero attached hydrogens (tertiary/aromatic N) is 3. The van der Waals surface area contributed by atoms with E-state index < -0.39 is 5.60 Å². The molecule has 4 saturated carbocycles. The van der Waals surface area contributed by atoms with Gasteiger partial charge in [0.15, 0.2) is 5.82 Å². The van der Waals surface area contributed by atoms with Gasteiger partial charge < -0.3 is 14.5 Å². The van der Waals surface area contributed by atoms with Crippen molar-refractivity contribution in [2.45, 2.75) is 95.5 Å². The number of aliphatic hydroxyl groups is 1. The van der Waals surface area contributed by atoms with Gasteiger partial charge in [0, 0.05) is 33.5 Å². The highest BCUT2D eigenvalue weighted by Crippen LogP contribution is 2.58. The smallest absolute Gasteiger partial charge is 0.232 e. The lowest BCUT2D eigenvalue weighted by atomic mass is 9.53. The highest BCUT2D eigenvalue weighted by atomic mass is 79.9. The molecule has 6 nitrogen and oxygen atoms in total. The molecule has 4 fully saturated rings. The first-order valence-electron chi connectivity index (χ1n) is 12.5. The predicted octanol–water partition coefficient (Wildman–Crippen LogP) is 5.92. The number of fused-ring (bicyclic) bond motifs is 3. The summed E-state index contributed by atoms with van der Waals surface area (Å²) in [6.45, 7) is 8.89. The SMILES string of the molecule is CC1(O)CC(C(=O)N(CC23CCC(c4nc(C(C)(C)C)no4)(CC2)CC3)c2cccc(Br)c2)C1. The maximum Gasteiger partial charge on any atom is 0.232 e. The van der Waals surface area contributed by atoms with Crippen LogP contribution in [0.5, 0.6) is 0 Å². The molecule has 6 rings (SSSR count). The quantitative estimate of drug-likeness (QED) is 0.520. The van der Waals surface area contributed by atoms with Crippen molar-refractivity contribution >= 4 is 27.5 Å². The van der Waals surface area contributed by atoms with Crippen molar-refractivity contribution in [1.82, 2.24) is 10.1 Å². The van der Waals surface area contributed by atoms with Crippen molar-refractivity contribution in [3.05, 3.63) is 40.5 Å². The van der Waals surface area contributed by atoms with Gasteiger partial charge in [-0.25, -0.2) is 0 Å². The van der Waals surface area contributed by atoms with E-state index in [-0.39, 0.29) is 28.1 Å². The first-order chi connectivity index (χ1) is 15.9. The van der Waals surface area contributed by atoms with Crippen LogP contribution in [0, 0.1) is 11.3 Å². The number of hydrogen-bond donors (Lipinski definition) is 1. The summed E-state index contributed by atoms with van der Waals surface area (Å²) < 4.78 is 6.77. The predicted molar refractivity (Wildman–Crippen MR) is 135 cm³/mol. The van der Waals surface area contributed by atoms with Crippen LogP contribution in [0.1, 0.15) is 90.8 Å². The van der Waals surface area contributed by atoms with E-state index in [1.807, 2.05) is 36.1 Å². The largest absolute Gasteiger partial charge is 0.390 e. The molecular weight excluding hydrogens is 494 g/mol. The number of carbonyl (C=O) groups is 1. The zero-order valence-corrected chi connectivity index (χ0v) is 22.3. The summed E-state index contributed by atoms with van der Waals surface area (Å²) in [6.07, 6.45) is 7.33. The number of rotatable bonds is 5. The van der Waals surface area contributed by atoms with E-state index in [9.17, 15) is 9.90 Å². The molecule has 1 heterocycles. The maximum atomic E-state index is 13.6. The van der Waals surface area contributed by atoms with Crippen LogP contribution in [0.25, 0.3) is 0 Å². The van der Waals surface area contributed by atoms with Crippen molar-refractivity contribution in [3.8, 4) is 0 Å². The number of amides is 1. The third-order valence-corrected chi connectivity index (χ3v) is 9.05. The number of carbonyl (C=O) groups excluding carboxylic acids is 1. The van der Waals surface area contributed by atoms with Crippen LogP contribution < -0.4 is 4.90 Å². The van der Waals surface area contributed by atoms with Crippen molar-refractivity contribution in [2.75, 3.05) is 11.4 Å². The van der Waals surface area contributed by atoms with Crippen LogP contribution in [0.15, 0.2) is 33.3 Å². The van der Waals surface area contributed by atoms with E-state index in [4.69, 9.17) is 9.51 Å². The first-order valence-corrected chi connectivity index (χ1v) is 13.3. The Bertz CT molecular complexity index is 1050. The summed E-state index contributed by atoms with van der Waals surface area (Å²) in [5.41, 5.74) is 0.193. The van der Waals surface area contributed by atoms with Gasteiger partial charge in [0.05, 0.1) is 5.60 Å². The molecule has 0 atom stereocenters. The average molecular weight is 531 g/mol. The number of halogens is 1. The Morgan fingerprint density at radius 2 is 1.82 bits per heavy atom. The number of hydrogen-bond acceptors (Lipinski definition) is 5. The summed E-state index contributed by atoms with van der Waals surface area (Å²) >= 11 is 3.58. The lowest BCUT2D eigenvalue weighted by molar-refractivity contribution is -0.137. The summed E-state index contributed by atoms with van der Waals surface area (Å²) in [5.74, 6) is 1.63. The van der Waals surface area contributed by atoms with Crippen molar-refractivity contribution in [1.29, 1.82) is 0 Å². The standard InChI is InChI=1S/C27H36BrN3O3/c1-24(2,3)22-29-23(34-30-22)27-11-8-26(9-12-27,10-13-27)17-31(20-7-5-6-19(28)14-20)21(32)18-15-25(4,33)16-18/h5-7,14,18,33H,8-13,15-17H2,1-4H3. The summed E-state index contributed by atoms with van der Waals surface area (Å²) in [5, 5.41) is 14.5. The Morgan fingerprint density at radius 3 is 2.35 bits per heavy atom. The molecule has 1 aromatic carbocycles. The van der Waals surface area contributed by atoms with E-state index >= 15 is 0 Å². The van der Waals surface area contributed by atoms with E-state index in [2.05, 4.69) is 41.9 Å². The second-order valence-electron chi connectivity index (χ2n) is 12.5. The molecule has 2 bridgehead atoms. The number of benzene rings is 1. The zero-order chi connectivity index (χ0) is 24.4. The van der Waals surface area contributed by atoms with Crippen LogP contribution in [0.2, 0.25) is 0 Å². The summed E-state index contributed by atoms with van der Waals surface area (Å²) in [6, 6.07) is 8.04. The van der Waals surface area contributed by atoms with Gasteiger partial charge in [-0.05, 0) is 81.9 Å². The minimum absolute atomic E-state index is 0.0183. The third-order valence-electron chi connectivity index (χ3n) is 8.55. The molecule has 0 spiro atoms. The fraction of sp³-hybridized carbons (Fsp3) is 0.667. The topological polar surface area (TPSA) is 79.5 Å². The summed E-state index contributed by atoms with van der Waals surface area (Å²) in [7, 11) is 0. The maximum absolute atomic E-state index is 13.6. The molecule has 0 unspecified atom stereocenters. The van der Waals surface area contributed by atoms with Crippen molar-refractivity contribution in [2.24, 2.45) is 11.3 Å². The molecule has 4 aliphatic rings. The van der Waals surface area contributed by atoms with Crippen molar-refractivity contribution < 1.29 is 14.4 Å². The van der Waals surface area contributed by atoms with Gasteiger partial charge in [-0.3, -0.25) is 4.79 Å². The monoisotopic (exact) mass is 529 g/mol. The Kier molecular flexibility index (Phi) is 5.75. The van der Waals surface area contributed by atoms with Crippen LogP contribution in [-0.4, -0.2) is 33.3 Å². The molecule has 184 valence electrons. The lowest BCUT2D eigenvalue weighted by Crippen LogP contribution is -2.54. The first kappa shape index (κ1) is 24.0. The number of anilines is 1. The average Bonchev–Trinajstić information content (AvgIpc) is 3.29. The second-order valence-corrected chi connectivity index (χ2v) is 13.4. The molecule has 1 aromatic heterocycles. The Hall–Kier alpha value is -1.73. The van der Waals surface area contributed by atoms with Gasteiger partial charge in [0.25, 0.3) is 0 Å². The van der Waals surface area contributed by atoms with Gasteiger partial charge in [0.1, 0.15) is 0 Å². The fourth-order valence-corrected chi connectivity index (χ4v) is 6.62. The van der Waals surface area contributed by atoms with Gasteiger partial charge in [-0.1, -0.05) is 47.9 Å². The Morgan fingerprint density at radius 1 is 1.18 bits per heavy atom. The molecule has 2 aromatic rings. The fourth-order valence-electron chi connectivity index (χ4n) is 6.24. The molecular formula is C27H36BrN3O3. The minimum atomic E-state index is -0.715. The van der Waals surface area contributed by atoms with E-state index in [0.29, 0.717) is 12.8 Å². The van der Waals surface area contributed by atoms with Gasteiger partial charge in [-0.2, -0.15) is 4.98 Å². The normalized spacial score (nSPS) is 32.9. The molecule has 34 heavy (non-hydrogen) atoms. The van der Waals surface area contributed by atoms with E-state index in [1.54, 1.807) is 0 Å². The van der Waals surface area contributed by atoms with E-state index in [1.165, 1.54) is 0 Å². The molecule has 1 amide bonds. The highest BCUT2D eigenvalue weighted by Gasteiger charge is 2.54. The molecule has 7 heteroatoms. The molecule has 0 saturated heterocycles. The lowest BCUT2D eigenvalue weighted by Gasteiger charge is -2.53. The van der Waals surface area contributed by atoms with Gasteiger partial charge in [-0.15, -0.1) is 0 Å². The molecule has 0 aliphatic heterocycles. The number of aromatic nitrogens is 2. The van der Waals surface area contributed by atoms with Crippen LogP contribution >= 0.6 is 15.9 Å². The van der Waals surface area contributed by atoms with Crippen LogP contribution in [0.3, 0.4) is 0 Å². The molecule has 0 radical (unpaired) electrons. The van der Waals surface area contributed by atoms with Crippen LogP contribution in [0.4, 0.5) is 5.69 Å². The second kappa shape index (κ2) is 8.16. The Balaban J connectivity index is 1.35. The van der Waals surface area contributed by atoms with Gasteiger partial charge in [0.2, 0.25) is 11.8 Å². The molecule has 4 aliphatic carbocycles. The molecule has 1 N–H and O–H groups in total.